The Morgan fingerprint density at radius 1 is 0.262 bits per heavy atom. The summed E-state index contributed by atoms with van der Waals surface area (Å²) >= 11 is 18.6. The quantitative estimate of drug-likeness (QED) is 0.0618. The summed E-state index contributed by atoms with van der Waals surface area (Å²) in [6, 6.07) is 167. The molecule has 0 radical (unpaired) electrons. The fourth-order valence-corrected chi connectivity index (χ4v) is 27.6. The molecule has 0 unspecified atom stereocenters. The van der Waals surface area contributed by atoms with E-state index in [4.69, 9.17) is 49.1 Å². The van der Waals surface area contributed by atoms with E-state index in [2.05, 4.69) is 543 Å². The van der Waals surface area contributed by atoms with Gasteiger partial charge in [0.1, 0.15) is 5.15 Å². The average molecular weight is 2070 g/mol. The Balaban J connectivity index is 0.000000132. The van der Waals surface area contributed by atoms with Crippen molar-refractivity contribution in [2.45, 2.75) is 119 Å². The van der Waals surface area contributed by atoms with Gasteiger partial charge in [-0.3, -0.25) is 0 Å². The fourth-order valence-electron chi connectivity index (χ4n) is 17.4. The Bertz CT molecular complexity index is 6490. The third-order valence-electron chi connectivity index (χ3n) is 24.7. The Morgan fingerprint density at radius 3 is 0.766 bits per heavy atom. The molecule has 0 spiro atoms. The van der Waals surface area contributed by atoms with Gasteiger partial charge in [0.05, 0.1) is 38.0 Å². The first-order chi connectivity index (χ1) is 67.6. The molecule has 2 aromatic heterocycles. The molecular weight excluding hydrogens is 1940 g/mol. The number of nitrogens with zero attached hydrogens (tertiary/aromatic N) is 2. The van der Waals surface area contributed by atoms with Gasteiger partial charge in [-0.2, -0.15) is 0 Å². The molecule has 0 atom stereocenters. The monoisotopic (exact) mass is 2060 g/mol. The van der Waals surface area contributed by atoms with Crippen molar-refractivity contribution in [2.75, 3.05) is 0 Å². The second-order valence-electron chi connectivity index (χ2n) is 37.9. The Hall–Kier alpha value is -11.5. The standard InChI is InChI=1S/C25H24ClN.C20H27BO2.4C18H15P.C11H9Cl2N.Pd/c1-15-10-16(2)24-21(26)14-22(27-23(24)11-15)18-12-17-8-6-7-9-19(17)20(13-18)25(3,4)5;1-18(2,3)17-13-15(12-14-10-8-9-11-16(14)17)21-22-19(4,5)20(6,7)23-21;4*1-4-10-16(11-5-1)19(17-12-6-2-7-13-17)18-14-8-3-9-15-18;1-6-3-7(2)11-8(12)5-10(13)14-9(11)4-6;/h6-14H,1-5H3;8-13H,1-7H3;4*1-15H;3-5H,1-2H3;. The summed E-state index contributed by atoms with van der Waals surface area (Å²) < 4.78 is 12.5. The van der Waals surface area contributed by atoms with Crippen LogP contribution in [0.1, 0.15) is 103 Å². The summed E-state index contributed by atoms with van der Waals surface area (Å²) in [5.41, 5.74) is 11.8. The van der Waals surface area contributed by atoms with Crippen LogP contribution in [0.2, 0.25) is 15.2 Å². The van der Waals surface area contributed by atoms with Gasteiger partial charge in [0.2, 0.25) is 0 Å². The van der Waals surface area contributed by atoms with E-state index in [0.29, 0.717) is 10.2 Å². The summed E-state index contributed by atoms with van der Waals surface area (Å²) in [4.78, 5) is 9.21. The van der Waals surface area contributed by atoms with Crippen molar-refractivity contribution in [1.29, 1.82) is 0 Å². The van der Waals surface area contributed by atoms with Gasteiger partial charge < -0.3 is 9.31 Å². The van der Waals surface area contributed by atoms with E-state index in [1.165, 1.54) is 113 Å². The van der Waals surface area contributed by atoms with Crippen LogP contribution in [-0.4, -0.2) is 28.3 Å². The van der Waals surface area contributed by atoms with Gasteiger partial charge in [0.15, 0.2) is 0 Å². The topological polar surface area (TPSA) is 44.2 Å². The van der Waals surface area contributed by atoms with Gasteiger partial charge in [0, 0.05) is 36.8 Å². The molecular formula is C128H120BCl3N2O2P4Pd. The van der Waals surface area contributed by atoms with Gasteiger partial charge in [-0.15, -0.1) is 0 Å². The molecule has 3 heterocycles. The van der Waals surface area contributed by atoms with E-state index in [1.807, 2.05) is 26.0 Å². The normalized spacial score (nSPS) is 12.4. The maximum Gasteiger partial charge on any atom is 0.494 e. The van der Waals surface area contributed by atoms with Crippen LogP contribution in [0.3, 0.4) is 0 Å². The summed E-state index contributed by atoms with van der Waals surface area (Å²) in [7, 11) is -2.10. The first-order valence-corrected chi connectivity index (χ1v) is 54.2. The second-order valence-corrected chi connectivity index (χ2v) is 47.9. The molecule has 0 N–H and O–H groups in total. The van der Waals surface area contributed by atoms with Crippen molar-refractivity contribution in [1.82, 2.24) is 9.97 Å². The number of rotatable bonds is 14. The van der Waals surface area contributed by atoms with Gasteiger partial charge in [0.25, 0.3) is 0 Å². The molecule has 0 saturated carbocycles. The summed E-state index contributed by atoms with van der Waals surface area (Å²) in [5.74, 6) is 0. The smallest absolute Gasteiger partial charge is 0.399 e. The number of fused-ring (bicyclic) bond motifs is 4. The predicted octanol–water partition coefficient (Wildman–Crippen LogP) is 30.0. The fraction of sp³-hybridized carbons (Fsp3) is 0.141. The maximum atomic E-state index is 6.68. The molecule has 1 saturated heterocycles. The zero-order chi connectivity index (χ0) is 98.3. The number of aryl methyl sites for hydroxylation is 4. The van der Waals surface area contributed by atoms with Crippen molar-refractivity contribution in [3.8, 4) is 11.3 Å². The Morgan fingerprint density at radius 2 is 0.496 bits per heavy atom. The van der Waals surface area contributed by atoms with E-state index >= 15 is 0 Å². The molecule has 4 nitrogen and oxygen atoms in total. The molecule has 21 rings (SSSR count). The minimum atomic E-state index is -0.446. The van der Waals surface area contributed by atoms with Crippen LogP contribution in [0.4, 0.5) is 0 Å². The molecule has 1 aliphatic rings. The first kappa shape index (κ1) is 105. The van der Waals surface area contributed by atoms with Crippen LogP contribution in [0, 0.1) is 27.7 Å². The average Bonchev–Trinajstić information content (AvgIpc) is 1.67. The number of aromatic nitrogens is 2. The van der Waals surface area contributed by atoms with Gasteiger partial charge in [-0.05, 0) is 258 Å². The van der Waals surface area contributed by atoms with Crippen LogP contribution < -0.4 is 69.1 Å². The molecule has 141 heavy (non-hydrogen) atoms. The van der Waals surface area contributed by atoms with Crippen molar-refractivity contribution in [3.63, 3.8) is 0 Å². The molecule has 0 amide bonds. The Labute approximate surface area is 870 Å². The van der Waals surface area contributed by atoms with E-state index in [9.17, 15) is 0 Å². The molecule has 708 valence electrons. The van der Waals surface area contributed by atoms with Gasteiger partial charge in [-0.25, -0.2) is 9.97 Å². The number of benzene rings is 18. The first-order valence-electron chi connectivity index (χ1n) is 47.7. The Kier molecular flexibility index (Phi) is 37.0. The number of hydrogen-bond acceptors (Lipinski definition) is 4. The predicted molar refractivity (Wildman–Crippen MR) is 618 cm³/mol. The summed E-state index contributed by atoms with van der Waals surface area (Å²) in [6.07, 6.45) is 0. The molecule has 18 aromatic carbocycles. The SMILES string of the molecule is CC(C)(C)c1cc(B2OC(C)(C)C(C)(C)O2)cc2ccccc12.Cc1cc(C)c2c(Cl)cc(-c3cc(C(C)(C)C)c4ccccc4c3)nc2c1.Cc1cc(C)c2c(Cl)cc(Cl)nc2c1.[Pd].c1ccc(P(c2ccccc2)c2ccccc2)cc1.c1ccc(P(c2ccccc2)c2ccccc2)cc1.c1ccc(P(c2ccccc2)c2ccccc2)cc1.c1ccc(P(c2ccccc2)c2ccccc2)cc1. The van der Waals surface area contributed by atoms with Crippen LogP contribution in [0.5, 0.6) is 0 Å². The summed E-state index contributed by atoms with van der Waals surface area (Å²) in [6.45, 7) is 30.2. The van der Waals surface area contributed by atoms with Crippen LogP contribution in [0.15, 0.2) is 473 Å². The van der Waals surface area contributed by atoms with E-state index in [-0.39, 0.29) is 49.6 Å². The maximum absolute atomic E-state index is 6.68. The van der Waals surface area contributed by atoms with Gasteiger partial charge >= 0.3 is 7.12 Å². The van der Waals surface area contributed by atoms with E-state index in [1.54, 1.807) is 6.07 Å². The van der Waals surface area contributed by atoms with Gasteiger partial charge in [-0.1, -0.05) is 513 Å². The van der Waals surface area contributed by atoms with Crippen LogP contribution in [0.25, 0.3) is 54.6 Å². The molecule has 1 fully saturated rings. The molecule has 1 aliphatic heterocycles. The van der Waals surface area contributed by atoms with Crippen molar-refractivity contribution in [2.24, 2.45) is 0 Å². The molecule has 0 aliphatic carbocycles. The third-order valence-corrected chi connectivity index (χ3v) is 35.3. The summed E-state index contributed by atoms with van der Waals surface area (Å²) in [5, 5.41) is 25.8. The minimum absolute atomic E-state index is 0. The molecule has 0 bridgehead atoms. The van der Waals surface area contributed by atoms with E-state index < -0.39 is 31.7 Å². The van der Waals surface area contributed by atoms with Crippen LogP contribution in [-0.2, 0) is 40.6 Å². The van der Waals surface area contributed by atoms with Crippen molar-refractivity contribution in [3.05, 3.63) is 522 Å². The van der Waals surface area contributed by atoms with Crippen molar-refractivity contribution >= 4 is 186 Å². The van der Waals surface area contributed by atoms with Crippen LogP contribution >= 0.6 is 66.5 Å². The van der Waals surface area contributed by atoms with E-state index in [0.717, 1.165) is 49.1 Å². The zero-order valence-corrected chi connectivity index (χ0v) is 90.0. The number of hydrogen-bond donors (Lipinski definition) is 0. The van der Waals surface area contributed by atoms with Crippen molar-refractivity contribution < 1.29 is 29.7 Å². The number of pyridine rings is 2. The largest absolute Gasteiger partial charge is 0.494 e. The second kappa shape index (κ2) is 49.5. The molecule has 13 heteroatoms. The zero-order valence-electron chi connectivity index (χ0n) is 82.6. The minimum Gasteiger partial charge on any atom is -0.399 e. The third kappa shape index (κ3) is 27.5. The number of halogens is 3. The molecule has 20 aromatic rings.